The molecule has 1 spiro atoms. The molecule has 0 bridgehead atoms. The zero-order valence-corrected chi connectivity index (χ0v) is 26.0. The van der Waals surface area contributed by atoms with Crippen molar-refractivity contribution >= 4 is 23.4 Å². The standard InChI is InChI=1S/C34H47N3O5/c1-7-33-17-13-20-35(24-15-9-8-10-16-24)28(39)25(33)26-29(40)36(19-11-12-22-38)27-30(41)37(21-14-18-34(26,27)42-33)32(5,6)23-31(2,3)4/h8-10,13-18,25-27,38H,7,11-12,19-23H2,1-6H3/t25-,26+,27?,33+,34+/m1/s1. The predicted molar refractivity (Wildman–Crippen MR) is 163 cm³/mol. The number of aliphatic hydroxyl groups is 1. The third-order valence-corrected chi connectivity index (χ3v) is 9.51. The van der Waals surface area contributed by atoms with Crippen LogP contribution >= 0.6 is 0 Å². The smallest absolute Gasteiger partial charge is 0.249 e. The van der Waals surface area contributed by atoms with Gasteiger partial charge in [-0.2, -0.15) is 0 Å². The van der Waals surface area contributed by atoms with Gasteiger partial charge in [-0.05, 0) is 57.1 Å². The van der Waals surface area contributed by atoms with Crippen LogP contribution in [0, 0.1) is 17.3 Å². The number of ether oxygens (including phenoxy) is 1. The van der Waals surface area contributed by atoms with Crippen LogP contribution in [-0.4, -0.2) is 81.7 Å². The third kappa shape index (κ3) is 4.90. The molecule has 8 heteroatoms. The van der Waals surface area contributed by atoms with Gasteiger partial charge in [0.25, 0.3) is 0 Å². The van der Waals surface area contributed by atoms with Crippen molar-refractivity contribution in [2.45, 2.75) is 90.0 Å². The molecule has 4 aliphatic heterocycles. The van der Waals surface area contributed by atoms with Crippen molar-refractivity contribution in [3.8, 4) is 0 Å². The molecule has 5 atom stereocenters. The van der Waals surface area contributed by atoms with Gasteiger partial charge < -0.3 is 24.5 Å². The van der Waals surface area contributed by atoms with Crippen LogP contribution < -0.4 is 4.90 Å². The summed E-state index contributed by atoms with van der Waals surface area (Å²) in [5, 5.41) is 9.50. The molecule has 8 nitrogen and oxygen atoms in total. The lowest BCUT2D eigenvalue weighted by atomic mass is 9.72. The molecule has 0 aromatic heterocycles. The minimum Gasteiger partial charge on any atom is -0.396 e. The van der Waals surface area contributed by atoms with Gasteiger partial charge in [0.05, 0.1) is 17.4 Å². The normalized spacial score (nSPS) is 31.3. The molecule has 1 N–H and O–H groups in total. The van der Waals surface area contributed by atoms with Crippen LogP contribution in [0.1, 0.15) is 67.2 Å². The molecule has 4 heterocycles. The van der Waals surface area contributed by atoms with Crippen molar-refractivity contribution in [1.82, 2.24) is 9.80 Å². The fraction of sp³-hybridized carbons (Fsp3) is 0.618. The Kier molecular flexibility index (Phi) is 7.94. The topological polar surface area (TPSA) is 90.4 Å². The summed E-state index contributed by atoms with van der Waals surface area (Å²) in [7, 11) is 0. The number of benzene rings is 1. The van der Waals surface area contributed by atoms with Crippen molar-refractivity contribution in [1.29, 1.82) is 0 Å². The molecular weight excluding hydrogens is 530 g/mol. The van der Waals surface area contributed by atoms with E-state index in [2.05, 4.69) is 34.6 Å². The highest BCUT2D eigenvalue weighted by Gasteiger charge is 2.75. The van der Waals surface area contributed by atoms with Crippen LogP contribution in [-0.2, 0) is 19.1 Å². The van der Waals surface area contributed by atoms with Gasteiger partial charge in [0.2, 0.25) is 17.7 Å². The van der Waals surface area contributed by atoms with Crippen LogP contribution in [0.25, 0.3) is 0 Å². The molecule has 1 aromatic carbocycles. The maximum Gasteiger partial charge on any atom is 0.249 e. The van der Waals surface area contributed by atoms with E-state index >= 15 is 0 Å². The highest BCUT2D eigenvalue weighted by atomic mass is 16.5. The number of nitrogens with zero attached hydrogens (tertiary/aromatic N) is 3. The number of anilines is 1. The molecule has 1 aromatic rings. The van der Waals surface area contributed by atoms with Crippen molar-refractivity contribution in [2.75, 3.05) is 31.1 Å². The van der Waals surface area contributed by atoms with E-state index in [4.69, 9.17) is 4.74 Å². The minimum atomic E-state index is -1.28. The maximum absolute atomic E-state index is 14.8. The van der Waals surface area contributed by atoms with Gasteiger partial charge in [0, 0.05) is 37.5 Å². The quantitative estimate of drug-likeness (QED) is 0.367. The van der Waals surface area contributed by atoms with E-state index in [9.17, 15) is 19.5 Å². The number of likely N-dealkylation sites (tertiary alicyclic amines) is 1. The number of hydrogen-bond donors (Lipinski definition) is 1. The first-order valence-corrected chi connectivity index (χ1v) is 15.5. The summed E-state index contributed by atoms with van der Waals surface area (Å²) in [6.07, 6.45) is 10.2. The van der Waals surface area contributed by atoms with Gasteiger partial charge in [-0.1, -0.05) is 70.2 Å². The largest absolute Gasteiger partial charge is 0.396 e. The molecular formula is C34H47N3O5. The number of aliphatic hydroxyl groups excluding tert-OH is 1. The van der Waals surface area contributed by atoms with Crippen LogP contribution in [0.3, 0.4) is 0 Å². The SMILES string of the molecule is CC[C@]12C=CCN(c3ccccc3)C(=O)[C@H]1[C@H]1C(=O)N(CCCCO)C3C(=O)N(C(C)(C)CC(C)(C)C)CC=C[C@@]31O2. The first-order valence-electron chi connectivity index (χ1n) is 15.5. The fourth-order valence-corrected chi connectivity index (χ4v) is 8.17. The molecule has 4 aliphatic rings. The number of para-hydroxylation sites is 1. The van der Waals surface area contributed by atoms with E-state index < -0.39 is 34.6 Å². The van der Waals surface area contributed by atoms with E-state index in [-0.39, 0.29) is 29.7 Å². The Hall–Kier alpha value is -2.97. The number of fused-ring (bicyclic) bond motifs is 2. The van der Waals surface area contributed by atoms with Crippen molar-refractivity contribution in [2.24, 2.45) is 17.3 Å². The second-order valence-electron chi connectivity index (χ2n) is 14.2. The molecule has 228 valence electrons. The Balaban J connectivity index is 1.63. The molecule has 1 unspecified atom stereocenters. The summed E-state index contributed by atoms with van der Waals surface area (Å²) in [6, 6.07) is 8.63. The molecule has 0 radical (unpaired) electrons. The summed E-state index contributed by atoms with van der Waals surface area (Å²) in [5.74, 6) is -2.15. The molecule has 42 heavy (non-hydrogen) atoms. The zero-order valence-electron chi connectivity index (χ0n) is 26.0. The Morgan fingerprint density at radius 3 is 2.24 bits per heavy atom. The monoisotopic (exact) mass is 577 g/mol. The number of carbonyl (C=O) groups excluding carboxylic acids is 3. The van der Waals surface area contributed by atoms with Crippen molar-refractivity contribution in [3.05, 3.63) is 54.6 Å². The Bertz CT molecular complexity index is 1270. The predicted octanol–water partition coefficient (Wildman–Crippen LogP) is 4.34. The van der Waals surface area contributed by atoms with Gasteiger partial charge >= 0.3 is 0 Å². The third-order valence-electron chi connectivity index (χ3n) is 9.51. The molecule has 2 saturated heterocycles. The molecule has 0 saturated carbocycles. The summed E-state index contributed by atoms with van der Waals surface area (Å²) in [6.45, 7) is 13.8. The highest BCUT2D eigenvalue weighted by Crippen LogP contribution is 2.59. The number of carbonyl (C=O) groups is 3. The van der Waals surface area contributed by atoms with Gasteiger partial charge in [-0.25, -0.2) is 0 Å². The Labute approximate surface area is 250 Å². The molecule has 2 fully saturated rings. The summed E-state index contributed by atoms with van der Waals surface area (Å²) in [4.78, 5) is 49.2. The van der Waals surface area contributed by atoms with Crippen LogP contribution in [0.2, 0.25) is 0 Å². The summed E-state index contributed by atoms with van der Waals surface area (Å²) >= 11 is 0. The maximum atomic E-state index is 14.8. The fourth-order valence-electron chi connectivity index (χ4n) is 8.17. The van der Waals surface area contributed by atoms with E-state index in [1.165, 1.54) is 0 Å². The first-order chi connectivity index (χ1) is 19.8. The number of rotatable bonds is 8. The van der Waals surface area contributed by atoms with E-state index in [0.29, 0.717) is 38.9 Å². The van der Waals surface area contributed by atoms with E-state index in [0.717, 1.165) is 12.1 Å². The number of hydrogen-bond acceptors (Lipinski definition) is 5. The summed E-state index contributed by atoms with van der Waals surface area (Å²) < 4.78 is 7.09. The van der Waals surface area contributed by atoms with E-state index in [1.54, 1.807) is 9.80 Å². The highest BCUT2D eigenvalue weighted by molar-refractivity contribution is 6.04. The average Bonchev–Trinajstić information content (AvgIpc) is 3.20. The second-order valence-corrected chi connectivity index (χ2v) is 14.2. The minimum absolute atomic E-state index is 0.00719. The molecule has 3 amide bonds. The van der Waals surface area contributed by atoms with Crippen molar-refractivity contribution in [3.63, 3.8) is 0 Å². The lowest BCUT2D eigenvalue weighted by molar-refractivity contribution is -0.156. The van der Waals surface area contributed by atoms with Gasteiger partial charge in [0.15, 0.2) is 0 Å². The van der Waals surface area contributed by atoms with Gasteiger partial charge in [-0.15, -0.1) is 0 Å². The van der Waals surface area contributed by atoms with Crippen LogP contribution in [0.4, 0.5) is 5.69 Å². The van der Waals surface area contributed by atoms with Gasteiger partial charge in [-0.3, -0.25) is 14.4 Å². The lowest BCUT2D eigenvalue weighted by Crippen LogP contribution is -2.60. The number of amides is 3. The molecule has 5 rings (SSSR count). The number of unbranched alkanes of at least 4 members (excludes halogenated alkanes) is 1. The van der Waals surface area contributed by atoms with Crippen LogP contribution in [0.15, 0.2) is 54.6 Å². The summed E-state index contributed by atoms with van der Waals surface area (Å²) in [5.41, 5.74) is -2.02. The van der Waals surface area contributed by atoms with Crippen molar-refractivity contribution < 1.29 is 24.2 Å². The lowest BCUT2D eigenvalue weighted by Gasteiger charge is -2.45. The van der Waals surface area contributed by atoms with Crippen LogP contribution in [0.5, 0.6) is 0 Å². The zero-order chi connectivity index (χ0) is 30.5. The molecule has 0 aliphatic carbocycles. The first kappa shape index (κ1) is 30.5. The van der Waals surface area contributed by atoms with Gasteiger partial charge in [0.1, 0.15) is 11.6 Å². The Morgan fingerprint density at radius 1 is 0.905 bits per heavy atom. The Morgan fingerprint density at radius 2 is 1.60 bits per heavy atom. The van der Waals surface area contributed by atoms with E-state index in [1.807, 2.05) is 66.5 Å². The second kappa shape index (κ2) is 10.9. The average molecular weight is 578 g/mol.